The molecule has 4 nitrogen and oxygen atoms in total. The van der Waals surface area contributed by atoms with E-state index in [4.69, 9.17) is 26.8 Å². The van der Waals surface area contributed by atoms with Gasteiger partial charge in [-0.3, -0.25) is 0 Å². The summed E-state index contributed by atoms with van der Waals surface area (Å²) in [5.41, 5.74) is 5.93. The first-order chi connectivity index (χ1) is 10.0. The number of primary amides is 1. The van der Waals surface area contributed by atoms with E-state index in [1.54, 1.807) is 6.07 Å². The van der Waals surface area contributed by atoms with Crippen molar-refractivity contribution in [2.45, 2.75) is 33.1 Å². The van der Waals surface area contributed by atoms with Crippen molar-refractivity contribution < 1.29 is 14.3 Å². The monoisotopic (exact) mass is 421 g/mol. The molecule has 0 fully saturated rings. The van der Waals surface area contributed by atoms with Crippen LogP contribution in [-0.4, -0.2) is 12.7 Å². The second-order valence-electron chi connectivity index (χ2n) is 4.06. The van der Waals surface area contributed by atoms with Crippen molar-refractivity contribution in [3.8, 4) is 23.3 Å². The molecule has 0 saturated carbocycles. The molecular formula is C15H17ClINO3. The van der Waals surface area contributed by atoms with Crippen LogP contribution in [0.15, 0.2) is 6.07 Å². The van der Waals surface area contributed by atoms with Gasteiger partial charge >= 0.3 is 6.09 Å². The number of hydrogen-bond donors (Lipinski definition) is 1. The van der Waals surface area contributed by atoms with E-state index in [0.717, 1.165) is 12.0 Å². The highest BCUT2D eigenvalue weighted by Crippen LogP contribution is 2.39. The van der Waals surface area contributed by atoms with Crippen molar-refractivity contribution in [2.24, 2.45) is 5.73 Å². The third-order valence-electron chi connectivity index (χ3n) is 2.58. The first-order valence-corrected chi connectivity index (χ1v) is 8.03. The topological polar surface area (TPSA) is 61.6 Å². The molecule has 1 aromatic carbocycles. The van der Waals surface area contributed by atoms with Crippen LogP contribution in [0.25, 0.3) is 0 Å². The first-order valence-electron chi connectivity index (χ1n) is 6.57. The van der Waals surface area contributed by atoms with Crippen molar-refractivity contribution in [2.75, 3.05) is 6.61 Å². The van der Waals surface area contributed by atoms with Crippen molar-refractivity contribution in [1.29, 1.82) is 0 Å². The highest BCUT2D eigenvalue weighted by atomic mass is 127. The molecule has 0 bridgehead atoms. The Morgan fingerprint density at radius 3 is 2.71 bits per heavy atom. The molecule has 0 aliphatic rings. The summed E-state index contributed by atoms with van der Waals surface area (Å²) in [6.45, 7) is 4.43. The summed E-state index contributed by atoms with van der Waals surface area (Å²) in [4.78, 5) is 10.9. The smallest absolute Gasteiger partial charge is 0.410 e. The number of benzene rings is 1. The van der Waals surface area contributed by atoms with E-state index in [0.29, 0.717) is 39.5 Å². The van der Waals surface area contributed by atoms with Gasteiger partial charge in [0.05, 0.1) is 15.2 Å². The van der Waals surface area contributed by atoms with Crippen molar-refractivity contribution >= 4 is 40.3 Å². The van der Waals surface area contributed by atoms with Crippen molar-refractivity contribution in [1.82, 2.24) is 0 Å². The Kier molecular flexibility index (Phi) is 7.68. The van der Waals surface area contributed by atoms with Crippen LogP contribution in [-0.2, 0) is 6.42 Å². The largest absolute Gasteiger partial charge is 0.491 e. The highest BCUT2D eigenvalue weighted by Gasteiger charge is 2.18. The molecule has 0 aliphatic carbocycles. The Labute approximate surface area is 143 Å². The van der Waals surface area contributed by atoms with Gasteiger partial charge in [0.15, 0.2) is 5.75 Å². The summed E-state index contributed by atoms with van der Waals surface area (Å²) in [6, 6.07) is 1.58. The minimum atomic E-state index is -0.881. The number of carbonyl (C=O) groups excluding carboxylic acids is 1. The molecule has 1 amide bonds. The van der Waals surface area contributed by atoms with Gasteiger partial charge < -0.3 is 15.2 Å². The average Bonchev–Trinajstić information content (AvgIpc) is 2.42. The SMILES string of the molecule is CCC#CCCOc1c(I)c(OC(N)=O)cc(Cl)c1CC. The van der Waals surface area contributed by atoms with Gasteiger partial charge in [-0.05, 0) is 29.0 Å². The van der Waals surface area contributed by atoms with Gasteiger partial charge in [-0.15, -0.1) is 5.92 Å². The molecule has 114 valence electrons. The molecule has 21 heavy (non-hydrogen) atoms. The maximum atomic E-state index is 10.9. The molecule has 1 aromatic rings. The number of carbonyl (C=O) groups is 1. The lowest BCUT2D eigenvalue weighted by Crippen LogP contribution is -2.17. The fourth-order valence-electron chi connectivity index (χ4n) is 1.70. The number of hydrogen-bond acceptors (Lipinski definition) is 3. The van der Waals surface area contributed by atoms with Gasteiger partial charge in [0.25, 0.3) is 0 Å². The van der Waals surface area contributed by atoms with E-state index in [2.05, 4.69) is 34.4 Å². The van der Waals surface area contributed by atoms with E-state index < -0.39 is 6.09 Å². The molecule has 0 atom stereocenters. The standard InChI is InChI=1S/C15H17ClINO3/c1-3-5-6-7-8-20-14-10(4-2)11(16)9-12(13(14)17)21-15(18)19/h9H,3-4,7-8H2,1-2H3,(H2,18,19). The van der Waals surface area contributed by atoms with Gasteiger partial charge in [0.1, 0.15) is 5.75 Å². The molecule has 0 aliphatic heterocycles. The number of ether oxygens (including phenoxy) is 2. The minimum Gasteiger partial charge on any atom is -0.491 e. The van der Waals surface area contributed by atoms with Gasteiger partial charge in [-0.1, -0.05) is 31.4 Å². The van der Waals surface area contributed by atoms with Gasteiger partial charge in [0.2, 0.25) is 0 Å². The molecule has 0 aromatic heterocycles. The van der Waals surface area contributed by atoms with Gasteiger partial charge in [-0.25, -0.2) is 4.79 Å². The molecule has 0 heterocycles. The Bertz CT molecular complexity index is 579. The third-order valence-corrected chi connectivity index (χ3v) is 3.93. The second-order valence-corrected chi connectivity index (χ2v) is 5.54. The Morgan fingerprint density at radius 1 is 1.43 bits per heavy atom. The normalized spacial score (nSPS) is 9.71. The lowest BCUT2D eigenvalue weighted by Gasteiger charge is -2.16. The lowest BCUT2D eigenvalue weighted by molar-refractivity contribution is 0.210. The van der Waals surface area contributed by atoms with Crippen LogP contribution in [0.3, 0.4) is 0 Å². The van der Waals surface area contributed by atoms with Crippen LogP contribution in [0.1, 0.15) is 32.3 Å². The molecule has 6 heteroatoms. The Morgan fingerprint density at radius 2 is 2.14 bits per heavy atom. The summed E-state index contributed by atoms with van der Waals surface area (Å²) < 4.78 is 11.4. The second kappa shape index (κ2) is 9.00. The predicted octanol–water partition coefficient (Wildman–Crippen LogP) is 4.15. The zero-order valence-corrected chi connectivity index (χ0v) is 14.9. The number of nitrogens with two attached hydrogens (primary N) is 1. The number of amides is 1. The lowest BCUT2D eigenvalue weighted by atomic mass is 10.1. The summed E-state index contributed by atoms with van der Waals surface area (Å²) in [7, 11) is 0. The number of halogens is 2. The van der Waals surface area contributed by atoms with Gasteiger partial charge in [0, 0.05) is 24.5 Å². The summed E-state index contributed by atoms with van der Waals surface area (Å²) >= 11 is 8.27. The van der Waals surface area contributed by atoms with E-state index in [1.165, 1.54) is 0 Å². The molecule has 0 unspecified atom stereocenters. The molecule has 0 spiro atoms. The maximum Gasteiger partial charge on any atom is 0.410 e. The van der Waals surface area contributed by atoms with Crippen LogP contribution in [0, 0.1) is 15.4 Å². The van der Waals surface area contributed by atoms with Crippen LogP contribution < -0.4 is 15.2 Å². The van der Waals surface area contributed by atoms with E-state index in [9.17, 15) is 4.79 Å². The van der Waals surface area contributed by atoms with Crippen LogP contribution in [0.4, 0.5) is 4.79 Å². The fraction of sp³-hybridized carbons (Fsp3) is 0.400. The summed E-state index contributed by atoms with van der Waals surface area (Å²) in [6.07, 6.45) is 1.28. The summed E-state index contributed by atoms with van der Waals surface area (Å²) in [5.74, 6) is 6.92. The first kappa shape index (κ1) is 17.9. The van der Waals surface area contributed by atoms with Crippen molar-refractivity contribution in [3.63, 3.8) is 0 Å². The molecule has 0 saturated heterocycles. The average molecular weight is 422 g/mol. The van der Waals surface area contributed by atoms with E-state index in [1.807, 2.05) is 13.8 Å². The van der Waals surface area contributed by atoms with Crippen molar-refractivity contribution in [3.05, 3.63) is 20.2 Å². The third kappa shape index (κ3) is 5.29. The number of rotatable bonds is 5. The fourth-order valence-corrected chi connectivity index (χ4v) is 2.76. The van der Waals surface area contributed by atoms with Crippen LogP contribution >= 0.6 is 34.2 Å². The van der Waals surface area contributed by atoms with Gasteiger partial charge in [-0.2, -0.15) is 0 Å². The quantitative estimate of drug-likeness (QED) is 0.441. The van der Waals surface area contributed by atoms with Crippen LogP contribution in [0.2, 0.25) is 5.02 Å². The zero-order valence-electron chi connectivity index (χ0n) is 12.0. The van der Waals surface area contributed by atoms with Crippen LogP contribution in [0.5, 0.6) is 11.5 Å². The predicted molar refractivity (Wildman–Crippen MR) is 91.9 cm³/mol. The maximum absolute atomic E-state index is 10.9. The van der Waals surface area contributed by atoms with E-state index in [-0.39, 0.29) is 0 Å². The summed E-state index contributed by atoms with van der Waals surface area (Å²) in [5, 5.41) is 0.490. The Balaban J connectivity index is 3.02. The minimum absolute atomic E-state index is 0.306. The molecule has 2 N–H and O–H groups in total. The zero-order chi connectivity index (χ0) is 15.8. The highest BCUT2D eigenvalue weighted by molar-refractivity contribution is 14.1. The van der Waals surface area contributed by atoms with E-state index >= 15 is 0 Å². The molecule has 0 radical (unpaired) electrons. The Hall–Kier alpha value is -1.13. The molecule has 1 rings (SSSR count). The molecular weight excluding hydrogens is 405 g/mol.